The van der Waals surface area contributed by atoms with Crippen LogP contribution in [0, 0.1) is 0 Å². The molecule has 1 fully saturated rings. The van der Waals surface area contributed by atoms with Crippen LogP contribution >= 0.6 is 0 Å². The van der Waals surface area contributed by atoms with Crippen molar-refractivity contribution >= 4 is 5.91 Å². The van der Waals surface area contributed by atoms with Crippen LogP contribution in [0.3, 0.4) is 0 Å². The van der Waals surface area contributed by atoms with Gasteiger partial charge in [-0.2, -0.15) is 0 Å². The Morgan fingerprint density at radius 3 is 2.93 bits per heavy atom. The Hall–Kier alpha value is -0.610. The van der Waals surface area contributed by atoms with Crippen LogP contribution in [0.4, 0.5) is 0 Å². The van der Waals surface area contributed by atoms with Crippen LogP contribution in [0.2, 0.25) is 0 Å². The second kappa shape index (κ2) is 6.80. The second-order valence-corrected chi connectivity index (χ2v) is 4.21. The van der Waals surface area contributed by atoms with Gasteiger partial charge >= 0.3 is 0 Å². The molecule has 2 N–H and O–H groups in total. The third-order valence-corrected chi connectivity index (χ3v) is 2.48. The van der Waals surface area contributed by atoms with Crippen LogP contribution in [0.1, 0.15) is 33.1 Å². The van der Waals surface area contributed by atoms with E-state index in [1.807, 2.05) is 13.8 Å². The van der Waals surface area contributed by atoms with Crippen LogP contribution in [-0.4, -0.2) is 37.7 Å². The molecule has 0 aliphatic carbocycles. The Morgan fingerprint density at radius 1 is 1.53 bits per heavy atom. The van der Waals surface area contributed by atoms with E-state index in [0.717, 1.165) is 19.4 Å². The Bertz CT molecular complexity index is 189. The molecule has 4 nitrogen and oxygen atoms in total. The summed E-state index contributed by atoms with van der Waals surface area (Å²) in [6, 6.07) is 0.0119. The van der Waals surface area contributed by atoms with Gasteiger partial charge in [-0.05, 0) is 33.2 Å². The van der Waals surface area contributed by atoms with Crippen LogP contribution in [-0.2, 0) is 9.53 Å². The molecule has 0 aromatic carbocycles. The second-order valence-electron chi connectivity index (χ2n) is 4.21. The first-order chi connectivity index (χ1) is 7.20. The van der Waals surface area contributed by atoms with Gasteiger partial charge in [0.15, 0.2) is 0 Å². The molecule has 0 spiro atoms. The molecular formula is C11H22N2O2. The molecule has 0 radical (unpaired) electrons. The molecule has 1 amide bonds. The number of carbonyl (C=O) groups excluding carboxylic acids is 1. The van der Waals surface area contributed by atoms with E-state index in [9.17, 15) is 4.79 Å². The third kappa shape index (κ3) is 5.14. The fourth-order valence-electron chi connectivity index (χ4n) is 1.67. The third-order valence-electron chi connectivity index (χ3n) is 2.48. The summed E-state index contributed by atoms with van der Waals surface area (Å²) >= 11 is 0. The zero-order chi connectivity index (χ0) is 11.1. The van der Waals surface area contributed by atoms with E-state index in [4.69, 9.17) is 4.74 Å². The minimum atomic E-state index is 0.0119. The monoisotopic (exact) mass is 214 g/mol. The molecule has 1 aliphatic rings. The van der Waals surface area contributed by atoms with E-state index < -0.39 is 0 Å². The van der Waals surface area contributed by atoms with Gasteiger partial charge in [-0.15, -0.1) is 0 Å². The van der Waals surface area contributed by atoms with Crippen molar-refractivity contribution < 1.29 is 9.53 Å². The predicted molar refractivity (Wildman–Crippen MR) is 59.7 cm³/mol. The average Bonchev–Trinajstić information content (AvgIpc) is 2.25. The Morgan fingerprint density at radius 2 is 2.33 bits per heavy atom. The maximum Gasteiger partial charge on any atom is 0.237 e. The number of nitrogens with one attached hydrogen (secondary N) is 2. The van der Waals surface area contributed by atoms with Crippen molar-refractivity contribution in [1.82, 2.24) is 10.6 Å². The van der Waals surface area contributed by atoms with Gasteiger partial charge in [-0.25, -0.2) is 0 Å². The van der Waals surface area contributed by atoms with Gasteiger partial charge in [0.05, 0.1) is 18.8 Å². The highest BCUT2D eigenvalue weighted by Gasteiger charge is 2.19. The molecule has 1 rings (SSSR count). The maximum atomic E-state index is 11.6. The normalized spacial score (nSPS) is 21.7. The zero-order valence-electron chi connectivity index (χ0n) is 9.71. The Labute approximate surface area is 91.8 Å². The molecule has 0 aromatic rings. The number of amides is 1. The van der Waals surface area contributed by atoms with E-state index in [1.165, 1.54) is 6.42 Å². The number of hydrogen-bond acceptors (Lipinski definition) is 3. The molecule has 0 saturated carbocycles. The largest absolute Gasteiger partial charge is 0.377 e. The van der Waals surface area contributed by atoms with Gasteiger partial charge < -0.3 is 15.4 Å². The van der Waals surface area contributed by atoms with Crippen molar-refractivity contribution in [3.63, 3.8) is 0 Å². The highest BCUT2D eigenvalue weighted by molar-refractivity contribution is 5.81. The summed E-state index contributed by atoms with van der Waals surface area (Å²) in [7, 11) is 0. The fourth-order valence-corrected chi connectivity index (χ4v) is 1.67. The highest BCUT2D eigenvalue weighted by Crippen LogP contribution is 2.06. The lowest BCUT2D eigenvalue weighted by Crippen LogP contribution is -2.47. The minimum absolute atomic E-state index is 0.0119. The van der Waals surface area contributed by atoms with Crippen molar-refractivity contribution in [2.75, 3.05) is 19.7 Å². The molecular weight excluding hydrogens is 192 g/mol. The summed E-state index contributed by atoms with van der Waals surface area (Å²) in [4.78, 5) is 11.6. The molecule has 1 atom stereocenters. The van der Waals surface area contributed by atoms with Gasteiger partial charge in [-0.1, -0.05) is 6.42 Å². The molecule has 1 saturated heterocycles. The van der Waals surface area contributed by atoms with Crippen LogP contribution < -0.4 is 10.6 Å². The van der Waals surface area contributed by atoms with Crippen molar-refractivity contribution in [2.45, 2.75) is 45.3 Å². The van der Waals surface area contributed by atoms with Gasteiger partial charge in [-0.3, -0.25) is 4.79 Å². The smallest absolute Gasteiger partial charge is 0.237 e. The minimum Gasteiger partial charge on any atom is -0.377 e. The number of ether oxygens (including phenoxy) is 1. The summed E-state index contributed by atoms with van der Waals surface area (Å²) in [5.41, 5.74) is 0. The number of rotatable bonds is 5. The standard InChI is InChI=1S/C11H22N2O2/c1-9(2)15-8-7-13-11(14)10-5-3-4-6-12-10/h9-10,12H,3-8H2,1-2H3,(H,13,14)/t10-/m0/s1. The Kier molecular flexibility index (Phi) is 5.65. The molecule has 88 valence electrons. The van der Waals surface area contributed by atoms with Crippen molar-refractivity contribution in [3.8, 4) is 0 Å². The van der Waals surface area contributed by atoms with Crippen molar-refractivity contribution in [3.05, 3.63) is 0 Å². The summed E-state index contributed by atoms with van der Waals surface area (Å²) in [6.07, 6.45) is 3.51. The summed E-state index contributed by atoms with van der Waals surface area (Å²) in [5, 5.41) is 6.10. The SMILES string of the molecule is CC(C)OCCNC(=O)[C@@H]1CCCCN1. The van der Waals surface area contributed by atoms with E-state index in [-0.39, 0.29) is 18.1 Å². The molecule has 4 heteroatoms. The first-order valence-electron chi connectivity index (χ1n) is 5.83. The Balaban J connectivity index is 2.07. The fraction of sp³-hybridized carbons (Fsp3) is 0.909. The van der Waals surface area contributed by atoms with E-state index >= 15 is 0 Å². The molecule has 15 heavy (non-hydrogen) atoms. The lowest BCUT2D eigenvalue weighted by atomic mass is 10.0. The first-order valence-corrected chi connectivity index (χ1v) is 5.83. The number of carbonyl (C=O) groups is 1. The predicted octanol–water partition coefficient (Wildman–Crippen LogP) is 0.670. The zero-order valence-corrected chi connectivity index (χ0v) is 9.71. The molecule has 0 aromatic heterocycles. The van der Waals surface area contributed by atoms with E-state index in [0.29, 0.717) is 13.2 Å². The van der Waals surface area contributed by atoms with Gasteiger partial charge in [0.1, 0.15) is 0 Å². The maximum absolute atomic E-state index is 11.6. The average molecular weight is 214 g/mol. The first kappa shape index (κ1) is 12.5. The van der Waals surface area contributed by atoms with Crippen molar-refractivity contribution in [2.24, 2.45) is 0 Å². The van der Waals surface area contributed by atoms with Gasteiger partial charge in [0.2, 0.25) is 5.91 Å². The topological polar surface area (TPSA) is 50.4 Å². The van der Waals surface area contributed by atoms with Crippen LogP contribution in [0.15, 0.2) is 0 Å². The van der Waals surface area contributed by atoms with E-state index in [2.05, 4.69) is 10.6 Å². The quantitative estimate of drug-likeness (QED) is 0.661. The van der Waals surface area contributed by atoms with Crippen LogP contribution in [0.25, 0.3) is 0 Å². The summed E-state index contributed by atoms with van der Waals surface area (Å²) < 4.78 is 5.34. The molecule has 0 unspecified atom stereocenters. The molecule has 1 heterocycles. The summed E-state index contributed by atoms with van der Waals surface area (Å²) in [6.45, 7) is 6.14. The van der Waals surface area contributed by atoms with Crippen molar-refractivity contribution in [1.29, 1.82) is 0 Å². The van der Waals surface area contributed by atoms with Gasteiger partial charge in [0, 0.05) is 6.54 Å². The van der Waals surface area contributed by atoms with E-state index in [1.54, 1.807) is 0 Å². The molecule has 0 bridgehead atoms. The van der Waals surface area contributed by atoms with Crippen LogP contribution in [0.5, 0.6) is 0 Å². The number of piperidine rings is 1. The number of hydrogen-bond donors (Lipinski definition) is 2. The lowest BCUT2D eigenvalue weighted by molar-refractivity contribution is -0.124. The molecule has 1 aliphatic heterocycles. The van der Waals surface area contributed by atoms with Gasteiger partial charge in [0.25, 0.3) is 0 Å². The highest BCUT2D eigenvalue weighted by atomic mass is 16.5. The summed E-state index contributed by atoms with van der Waals surface area (Å²) in [5.74, 6) is 0.113. The lowest BCUT2D eigenvalue weighted by Gasteiger charge is -2.22.